The average Bonchev–Trinajstić information content (AvgIpc) is 2.74. The van der Waals surface area contributed by atoms with Gasteiger partial charge in [0, 0.05) is 30.2 Å². The maximum Gasteiger partial charge on any atom is 0.124 e. The molecule has 0 radical (unpaired) electrons. The predicted molar refractivity (Wildman–Crippen MR) is 109 cm³/mol. The van der Waals surface area contributed by atoms with Gasteiger partial charge < -0.3 is 18.9 Å². The Hall–Kier alpha value is -1.69. The van der Waals surface area contributed by atoms with Gasteiger partial charge in [-0.15, -0.1) is 0 Å². The number of aryl methyl sites for hydroxylation is 1. The lowest BCUT2D eigenvalue weighted by molar-refractivity contribution is 0.0494. The summed E-state index contributed by atoms with van der Waals surface area (Å²) in [6, 6.07) is 14.8. The van der Waals surface area contributed by atoms with Gasteiger partial charge in [0.15, 0.2) is 0 Å². The van der Waals surface area contributed by atoms with Crippen molar-refractivity contribution in [1.29, 1.82) is 0 Å². The topological polar surface area (TPSA) is 41.9 Å². The molecule has 0 aromatic heterocycles. The second-order valence-corrected chi connectivity index (χ2v) is 8.31. The van der Waals surface area contributed by atoms with Crippen LogP contribution in [0.2, 0.25) is 0 Å². The van der Waals surface area contributed by atoms with Gasteiger partial charge in [0.2, 0.25) is 0 Å². The Morgan fingerprint density at radius 3 is 2.85 bits per heavy atom. The van der Waals surface area contributed by atoms with Gasteiger partial charge in [-0.1, -0.05) is 18.2 Å². The average molecular weight is 386 g/mol. The van der Waals surface area contributed by atoms with E-state index >= 15 is 0 Å². The molecule has 1 fully saturated rings. The summed E-state index contributed by atoms with van der Waals surface area (Å²) in [5.41, 5.74) is 3.58. The number of benzene rings is 2. The molecule has 4 rings (SSSR count). The van der Waals surface area contributed by atoms with E-state index in [9.17, 15) is 5.11 Å². The zero-order valence-electron chi connectivity index (χ0n) is 15.6. The molecule has 2 aromatic carbocycles. The first-order valence-electron chi connectivity index (χ1n) is 9.81. The molecule has 2 aromatic rings. The van der Waals surface area contributed by atoms with E-state index in [1.807, 2.05) is 6.07 Å². The zero-order valence-corrected chi connectivity index (χ0v) is 16.4. The van der Waals surface area contributed by atoms with Crippen LogP contribution < -0.4 is 9.04 Å². The summed E-state index contributed by atoms with van der Waals surface area (Å²) >= 11 is 1.74. The van der Waals surface area contributed by atoms with Crippen molar-refractivity contribution in [3.63, 3.8) is 0 Å². The molecular formula is C22H27NO3S. The van der Waals surface area contributed by atoms with Crippen LogP contribution in [0, 0.1) is 5.92 Å². The Bertz CT molecular complexity index is 761. The Kier molecular flexibility index (Phi) is 6.22. The van der Waals surface area contributed by atoms with Crippen LogP contribution in [0.3, 0.4) is 0 Å². The molecule has 2 heterocycles. The van der Waals surface area contributed by atoms with Crippen LogP contribution in [0.25, 0.3) is 0 Å². The summed E-state index contributed by atoms with van der Waals surface area (Å²) in [6.45, 7) is 3.39. The SMILES string of the molecule is OCc1cc(SN2CCCc3ccccc32)ccc1OCC1CCOCC1. The molecule has 0 amide bonds. The number of aliphatic hydroxyl groups excluding tert-OH is 1. The fraction of sp³-hybridized carbons (Fsp3) is 0.455. The van der Waals surface area contributed by atoms with Crippen LogP contribution in [0.5, 0.6) is 5.75 Å². The van der Waals surface area contributed by atoms with E-state index in [1.165, 1.54) is 17.7 Å². The number of hydrogen-bond acceptors (Lipinski definition) is 5. The first kappa shape index (κ1) is 18.7. The number of para-hydroxylation sites is 1. The summed E-state index contributed by atoms with van der Waals surface area (Å²) in [5, 5.41) is 9.82. The predicted octanol–water partition coefficient (Wildman–Crippen LogP) is 4.44. The van der Waals surface area contributed by atoms with E-state index in [0.717, 1.165) is 55.2 Å². The maximum absolute atomic E-state index is 9.82. The lowest BCUT2D eigenvalue weighted by Gasteiger charge is -2.30. The number of anilines is 1. The number of rotatable bonds is 6. The largest absolute Gasteiger partial charge is 0.493 e. The van der Waals surface area contributed by atoms with E-state index in [1.54, 1.807) is 11.9 Å². The van der Waals surface area contributed by atoms with E-state index in [0.29, 0.717) is 12.5 Å². The highest BCUT2D eigenvalue weighted by Crippen LogP contribution is 2.36. The first-order chi connectivity index (χ1) is 13.3. The van der Waals surface area contributed by atoms with Gasteiger partial charge in [0.25, 0.3) is 0 Å². The Morgan fingerprint density at radius 1 is 1.15 bits per heavy atom. The third kappa shape index (κ3) is 4.60. The molecule has 2 aliphatic heterocycles. The van der Waals surface area contributed by atoms with Crippen molar-refractivity contribution in [2.45, 2.75) is 37.2 Å². The maximum atomic E-state index is 9.82. The molecule has 1 N–H and O–H groups in total. The van der Waals surface area contributed by atoms with E-state index in [2.05, 4.69) is 40.7 Å². The molecule has 0 saturated carbocycles. The minimum absolute atomic E-state index is 0.00586. The summed E-state index contributed by atoms with van der Waals surface area (Å²) in [4.78, 5) is 1.13. The summed E-state index contributed by atoms with van der Waals surface area (Å²) < 4.78 is 13.8. The molecule has 27 heavy (non-hydrogen) atoms. The van der Waals surface area contributed by atoms with Crippen molar-refractivity contribution in [3.05, 3.63) is 53.6 Å². The number of fused-ring (bicyclic) bond motifs is 1. The fourth-order valence-electron chi connectivity index (χ4n) is 3.72. The molecular weight excluding hydrogens is 358 g/mol. The molecule has 0 spiro atoms. The third-order valence-electron chi connectivity index (χ3n) is 5.30. The van der Waals surface area contributed by atoms with Gasteiger partial charge in [0.1, 0.15) is 5.75 Å². The van der Waals surface area contributed by atoms with Crippen LogP contribution in [0.1, 0.15) is 30.4 Å². The van der Waals surface area contributed by atoms with Crippen molar-refractivity contribution in [2.75, 3.05) is 30.7 Å². The molecule has 0 bridgehead atoms. The highest BCUT2D eigenvalue weighted by molar-refractivity contribution is 8.00. The van der Waals surface area contributed by atoms with Crippen LogP contribution in [0.15, 0.2) is 47.4 Å². The van der Waals surface area contributed by atoms with Gasteiger partial charge in [-0.05, 0) is 73.4 Å². The number of hydrogen-bond donors (Lipinski definition) is 1. The normalized spacial score (nSPS) is 17.6. The number of ether oxygens (including phenoxy) is 2. The van der Waals surface area contributed by atoms with E-state index in [4.69, 9.17) is 9.47 Å². The lowest BCUT2D eigenvalue weighted by Crippen LogP contribution is -2.22. The molecule has 0 atom stereocenters. The second kappa shape index (κ2) is 9.00. The highest BCUT2D eigenvalue weighted by atomic mass is 32.2. The van der Waals surface area contributed by atoms with Gasteiger partial charge in [-0.2, -0.15) is 0 Å². The van der Waals surface area contributed by atoms with Crippen molar-refractivity contribution >= 4 is 17.6 Å². The van der Waals surface area contributed by atoms with Gasteiger partial charge in [0.05, 0.1) is 18.9 Å². The minimum atomic E-state index is -0.00586. The molecule has 5 heteroatoms. The van der Waals surface area contributed by atoms with Crippen molar-refractivity contribution < 1.29 is 14.6 Å². The van der Waals surface area contributed by atoms with Gasteiger partial charge in [-0.25, -0.2) is 0 Å². The Balaban J connectivity index is 1.43. The van der Waals surface area contributed by atoms with E-state index in [-0.39, 0.29) is 6.61 Å². The highest BCUT2D eigenvalue weighted by Gasteiger charge is 2.19. The van der Waals surface area contributed by atoms with Crippen LogP contribution in [0.4, 0.5) is 5.69 Å². The standard InChI is InChI=1S/C22H27NO3S/c24-15-19-14-20(7-8-22(19)26-16-17-9-12-25-13-10-17)27-23-11-3-5-18-4-1-2-6-21(18)23/h1-2,4,6-8,14,17,24H,3,5,9-13,15-16H2. The summed E-state index contributed by atoms with van der Waals surface area (Å²) in [7, 11) is 0. The zero-order chi connectivity index (χ0) is 18.5. The van der Waals surface area contributed by atoms with E-state index < -0.39 is 0 Å². The molecule has 4 nitrogen and oxygen atoms in total. The summed E-state index contributed by atoms with van der Waals surface area (Å²) in [6.07, 6.45) is 4.42. The number of nitrogens with zero attached hydrogens (tertiary/aromatic N) is 1. The quantitative estimate of drug-likeness (QED) is 0.745. The minimum Gasteiger partial charge on any atom is -0.493 e. The number of aliphatic hydroxyl groups is 1. The van der Waals surface area contributed by atoms with Crippen LogP contribution >= 0.6 is 11.9 Å². The molecule has 144 valence electrons. The Morgan fingerprint density at radius 2 is 2.00 bits per heavy atom. The molecule has 2 aliphatic rings. The van der Waals surface area contributed by atoms with Crippen molar-refractivity contribution in [1.82, 2.24) is 0 Å². The smallest absolute Gasteiger partial charge is 0.124 e. The molecule has 1 saturated heterocycles. The molecule has 0 aliphatic carbocycles. The monoisotopic (exact) mass is 385 g/mol. The molecule has 0 unspecified atom stereocenters. The van der Waals surface area contributed by atoms with Crippen LogP contribution in [-0.2, 0) is 17.8 Å². The fourth-order valence-corrected chi connectivity index (χ4v) is 4.79. The lowest BCUT2D eigenvalue weighted by atomic mass is 10.0. The van der Waals surface area contributed by atoms with Gasteiger partial charge in [-0.3, -0.25) is 0 Å². The third-order valence-corrected chi connectivity index (χ3v) is 6.37. The second-order valence-electron chi connectivity index (χ2n) is 7.22. The van der Waals surface area contributed by atoms with Gasteiger partial charge >= 0.3 is 0 Å². The van der Waals surface area contributed by atoms with Crippen LogP contribution in [-0.4, -0.2) is 31.5 Å². The van der Waals surface area contributed by atoms with Crippen molar-refractivity contribution in [3.8, 4) is 5.75 Å². The first-order valence-corrected chi connectivity index (χ1v) is 10.6. The summed E-state index contributed by atoms with van der Waals surface area (Å²) in [5.74, 6) is 1.34. The van der Waals surface area contributed by atoms with Crippen molar-refractivity contribution in [2.24, 2.45) is 5.92 Å². The Labute approximate surface area is 165 Å².